The van der Waals surface area contributed by atoms with Crippen LogP contribution in [0.3, 0.4) is 0 Å². The van der Waals surface area contributed by atoms with Gasteiger partial charge in [0.05, 0.1) is 17.0 Å². The molecule has 24 heavy (non-hydrogen) atoms. The Kier molecular flexibility index (Phi) is 4.62. The van der Waals surface area contributed by atoms with E-state index in [2.05, 4.69) is 6.08 Å². The van der Waals surface area contributed by atoms with Crippen LogP contribution in [0, 0.1) is 0 Å². The first-order valence-corrected chi connectivity index (χ1v) is 7.75. The number of phenolic OH excluding ortho intramolecular Hbond substituents is 2. The summed E-state index contributed by atoms with van der Waals surface area (Å²) in [4.78, 5) is 12.4. The van der Waals surface area contributed by atoms with E-state index in [0.717, 1.165) is 24.5 Å². The van der Waals surface area contributed by atoms with Crippen molar-refractivity contribution in [2.45, 2.75) is 19.3 Å². The van der Waals surface area contributed by atoms with Gasteiger partial charge in [-0.3, -0.25) is 4.79 Å². The van der Waals surface area contributed by atoms with E-state index in [1.807, 2.05) is 12.2 Å². The third kappa shape index (κ3) is 3.46. The van der Waals surface area contributed by atoms with Crippen molar-refractivity contribution in [3.8, 4) is 11.5 Å². The average Bonchev–Trinajstić information content (AvgIpc) is 2.59. The van der Waals surface area contributed by atoms with Crippen LogP contribution >= 0.6 is 11.6 Å². The number of aromatic hydroxyl groups is 2. The summed E-state index contributed by atoms with van der Waals surface area (Å²) in [7, 11) is 0. The minimum atomic E-state index is -0.400. The van der Waals surface area contributed by atoms with Gasteiger partial charge in [-0.1, -0.05) is 29.8 Å². The molecule has 2 aliphatic rings. The van der Waals surface area contributed by atoms with Crippen molar-refractivity contribution < 1.29 is 24.5 Å². The van der Waals surface area contributed by atoms with Gasteiger partial charge in [-0.15, -0.1) is 0 Å². The first kappa shape index (κ1) is 16.2. The highest BCUT2D eigenvalue weighted by molar-refractivity contribution is 6.32. The second-order valence-electron chi connectivity index (χ2n) is 5.38. The molecule has 1 aromatic rings. The highest BCUT2D eigenvalue weighted by Crippen LogP contribution is 2.33. The molecule has 1 aliphatic carbocycles. The number of ether oxygens (including phenoxy) is 2. The van der Waals surface area contributed by atoms with Crippen LogP contribution in [-0.2, 0) is 9.47 Å². The van der Waals surface area contributed by atoms with Crippen molar-refractivity contribution >= 4 is 17.4 Å². The number of phenols is 2. The molecule has 124 valence electrons. The van der Waals surface area contributed by atoms with E-state index < -0.39 is 5.78 Å². The smallest absolute Gasteiger partial charge is 0.174 e. The first-order chi connectivity index (χ1) is 11.5. The van der Waals surface area contributed by atoms with Crippen LogP contribution in [-0.4, -0.2) is 16.0 Å². The summed E-state index contributed by atoms with van der Waals surface area (Å²) in [6, 6.07) is 2.26. The van der Waals surface area contributed by atoms with E-state index in [0.29, 0.717) is 11.5 Å². The van der Waals surface area contributed by atoms with Crippen molar-refractivity contribution in [2.24, 2.45) is 0 Å². The van der Waals surface area contributed by atoms with E-state index in [-0.39, 0.29) is 28.5 Å². The van der Waals surface area contributed by atoms with Crippen molar-refractivity contribution in [3.05, 3.63) is 70.6 Å². The van der Waals surface area contributed by atoms with Crippen molar-refractivity contribution in [1.29, 1.82) is 0 Å². The lowest BCUT2D eigenvalue weighted by atomic mass is 10.0. The molecular formula is C18H15ClO5. The molecule has 0 bridgehead atoms. The van der Waals surface area contributed by atoms with Gasteiger partial charge in [-0.05, 0) is 24.5 Å². The molecule has 0 atom stereocenters. The minimum absolute atomic E-state index is 0.00863. The Bertz CT molecular complexity index is 802. The molecule has 1 aromatic carbocycles. The van der Waals surface area contributed by atoms with Gasteiger partial charge in [0.15, 0.2) is 11.5 Å². The largest absolute Gasteiger partial charge is 0.507 e. The Labute approximate surface area is 143 Å². The standard InChI is InChI=1S/C18H15ClO5/c19-14-7-13(16(21)8-17(14)22)15(20)6-12-9-23-10-18(24-12)11-4-2-1-3-5-11/h1-2,4,7-10,21-22H,3,5-6H2. The molecule has 0 radical (unpaired) electrons. The summed E-state index contributed by atoms with van der Waals surface area (Å²) in [6.45, 7) is 0. The highest BCUT2D eigenvalue weighted by atomic mass is 35.5. The number of hydrogen-bond acceptors (Lipinski definition) is 5. The predicted octanol–water partition coefficient (Wildman–Crippen LogP) is 4.33. The quantitative estimate of drug-likeness (QED) is 0.793. The zero-order valence-corrected chi connectivity index (χ0v) is 13.4. The Balaban J connectivity index is 1.71. The highest BCUT2D eigenvalue weighted by Gasteiger charge is 2.20. The number of hydrogen-bond donors (Lipinski definition) is 2. The SMILES string of the molecule is O=C(CC1=COC=C(C2=CC=CCC2)O1)c1cc(Cl)c(O)cc1O. The molecule has 6 heteroatoms. The lowest BCUT2D eigenvalue weighted by Crippen LogP contribution is -2.08. The topological polar surface area (TPSA) is 76.0 Å². The fourth-order valence-corrected chi connectivity index (χ4v) is 2.58. The Morgan fingerprint density at radius 1 is 1.21 bits per heavy atom. The van der Waals surface area contributed by atoms with Gasteiger partial charge in [-0.25, -0.2) is 0 Å². The van der Waals surface area contributed by atoms with Gasteiger partial charge in [-0.2, -0.15) is 0 Å². The first-order valence-electron chi connectivity index (χ1n) is 7.38. The van der Waals surface area contributed by atoms with Gasteiger partial charge in [0.1, 0.15) is 29.8 Å². The second kappa shape index (κ2) is 6.84. The monoisotopic (exact) mass is 346 g/mol. The molecule has 0 saturated heterocycles. The molecule has 3 rings (SSSR count). The zero-order valence-electron chi connectivity index (χ0n) is 12.7. The summed E-state index contributed by atoms with van der Waals surface area (Å²) >= 11 is 5.79. The lowest BCUT2D eigenvalue weighted by molar-refractivity contribution is 0.0963. The number of ketones is 1. The van der Waals surface area contributed by atoms with E-state index in [4.69, 9.17) is 21.1 Å². The molecule has 1 aliphatic heterocycles. The minimum Gasteiger partial charge on any atom is -0.507 e. The van der Waals surface area contributed by atoms with E-state index in [1.165, 1.54) is 18.6 Å². The van der Waals surface area contributed by atoms with Crippen molar-refractivity contribution in [3.63, 3.8) is 0 Å². The lowest BCUT2D eigenvalue weighted by Gasteiger charge is -2.19. The number of Topliss-reactive ketones (excluding diaryl/α,β-unsaturated/α-hetero) is 1. The van der Waals surface area contributed by atoms with E-state index in [9.17, 15) is 15.0 Å². The predicted molar refractivity (Wildman–Crippen MR) is 88.5 cm³/mol. The molecule has 2 N–H and O–H groups in total. The number of halogens is 1. The van der Waals surface area contributed by atoms with Crippen molar-refractivity contribution in [1.82, 2.24) is 0 Å². The van der Waals surface area contributed by atoms with Gasteiger partial charge < -0.3 is 19.7 Å². The summed E-state index contributed by atoms with van der Waals surface area (Å²) in [6.07, 6.45) is 10.4. The van der Waals surface area contributed by atoms with Crippen LogP contribution in [0.15, 0.2) is 60.0 Å². The van der Waals surface area contributed by atoms with Gasteiger partial charge in [0, 0.05) is 6.07 Å². The third-order valence-electron chi connectivity index (χ3n) is 3.65. The fourth-order valence-electron chi connectivity index (χ4n) is 2.42. The van der Waals surface area contributed by atoms with Gasteiger partial charge >= 0.3 is 0 Å². The molecule has 0 saturated carbocycles. The number of rotatable bonds is 4. The Morgan fingerprint density at radius 3 is 2.79 bits per heavy atom. The van der Waals surface area contributed by atoms with Crippen LogP contribution < -0.4 is 0 Å². The molecule has 0 fully saturated rings. The molecule has 0 spiro atoms. The number of allylic oxidation sites excluding steroid dienone is 5. The maximum atomic E-state index is 12.4. The normalized spacial score (nSPS) is 16.5. The van der Waals surface area contributed by atoms with Crippen LogP contribution in [0.1, 0.15) is 29.6 Å². The molecule has 0 aromatic heterocycles. The Morgan fingerprint density at radius 2 is 2.04 bits per heavy atom. The van der Waals surface area contributed by atoms with E-state index >= 15 is 0 Å². The Hall–Kier alpha value is -2.66. The second-order valence-corrected chi connectivity index (χ2v) is 5.79. The van der Waals surface area contributed by atoms with Crippen LogP contribution in [0.2, 0.25) is 5.02 Å². The maximum Gasteiger partial charge on any atom is 0.174 e. The molecule has 0 amide bonds. The molecule has 0 unspecified atom stereocenters. The van der Waals surface area contributed by atoms with E-state index in [1.54, 1.807) is 0 Å². The van der Waals surface area contributed by atoms with Crippen LogP contribution in [0.4, 0.5) is 0 Å². The summed E-state index contributed by atoms with van der Waals surface area (Å²) in [5.41, 5.74) is 1.00. The third-order valence-corrected chi connectivity index (χ3v) is 3.95. The van der Waals surface area contributed by atoms with Crippen molar-refractivity contribution in [2.75, 3.05) is 0 Å². The summed E-state index contributed by atoms with van der Waals surface area (Å²) in [5.74, 6) is -0.128. The molecule has 1 heterocycles. The fraction of sp³-hybridized carbons (Fsp3) is 0.167. The maximum absolute atomic E-state index is 12.4. The van der Waals surface area contributed by atoms with Gasteiger partial charge in [0.25, 0.3) is 0 Å². The molecular weight excluding hydrogens is 332 g/mol. The number of carbonyl (C=O) groups excluding carboxylic acids is 1. The summed E-state index contributed by atoms with van der Waals surface area (Å²) < 4.78 is 11.0. The van der Waals surface area contributed by atoms with Gasteiger partial charge in [0.2, 0.25) is 0 Å². The average molecular weight is 347 g/mol. The summed E-state index contributed by atoms with van der Waals surface area (Å²) in [5, 5.41) is 19.2. The molecule has 5 nitrogen and oxygen atoms in total. The zero-order chi connectivity index (χ0) is 17.1. The number of benzene rings is 1. The number of carbonyl (C=O) groups is 1. The van der Waals surface area contributed by atoms with Crippen LogP contribution in [0.5, 0.6) is 11.5 Å². The van der Waals surface area contributed by atoms with Crippen LogP contribution in [0.25, 0.3) is 0 Å².